The van der Waals surface area contributed by atoms with Crippen LogP contribution in [0.3, 0.4) is 0 Å². The van der Waals surface area contributed by atoms with Crippen molar-refractivity contribution in [1.82, 2.24) is 4.98 Å². The number of hydrogen-bond donors (Lipinski definition) is 4. The topological polar surface area (TPSA) is 78.4 Å². The lowest BCUT2D eigenvalue weighted by atomic mass is 10.2. The molecule has 112 valence electrons. The van der Waals surface area contributed by atoms with Crippen LogP contribution in [0.4, 0.5) is 22.9 Å². The Hall–Kier alpha value is -2.47. The molecule has 6 heteroatoms. The van der Waals surface area contributed by atoms with Crippen molar-refractivity contribution in [3.05, 3.63) is 36.5 Å². The van der Waals surface area contributed by atoms with Crippen LogP contribution in [0.25, 0.3) is 0 Å². The maximum absolute atomic E-state index is 9.00. The molecule has 0 aliphatic carbocycles. The van der Waals surface area contributed by atoms with Gasteiger partial charge in [-0.2, -0.15) is 0 Å². The summed E-state index contributed by atoms with van der Waals surface area (Å²) in [5.41, 5.74) is 2.56. The zero-order chi connectivity index (χ0) is 15.1. The number of anilines is 4. The normalized spacial score (nSPS) is 10.0. The minimum atomic E-state index is 0.0547. The molecule has 2 aromatic rings. The average molecular weight is 288 g/mol. The van der Waals surface area contributed by atoms with E-state index < -0.39 is 0 Å². The molecule has 0 aliphatic heterocycles. The van der Waals surface area contributed by atoms with Crippen molar-refractivity contribution >= 4 is 22.9 Å². The van der Waals surface area contributed by atoms with E-state index >= 15 is 0 Å². The lowest BCUT2D eigenvalue weighted by Gasteiger charge is -2.17. The summed E-state index contributed by atoms with van der Waals surface area (Å²) in [6.07, 6.45) is 1.73. The molecule has 0 bridgehead atoms. The monoisotopic (exact) mass is 288 g/mol. The molecule has 0 spiro atoms. The van der Waals surface area contributed by atoms with Crippen molar-refractivity contribution in [2.75, 3.05) is 43.3 Å². The summed E-state index contributed by atoms with van der Waals surface area (Å²) in [5.74, 6) is 1.47. The first-order valence-electron chi connectivity index (χ1n) is 6.71. The summed E-state index contributed by atoms with van der Waals surface area (Å²) in [4.78, 5) is 4.25. The van der Waals surface area contributed by atoms with Crippen LogP contribution in [-0.2, 0) is 0 Å². The molecule has 0 atom stereocenters. The summed E-state index contributed by atoms with van der Waals surface area (Å²) in [7, 11) is 3.46. The highest BCUT2D eigenvalue weighted by atomic mass is 16.5. The zero-order valence-electron chi connectivity index (χ0n) is 12.2. The number of aliphatic hydroxyl groups is 1. The molecule has 0 amide bonds. The van der Waals surface area contributed by atoms with Crippen LogP contribution < -0.4 is 20.7 Å². The standard InChI is InChI=1S/C15H20N4O2/c1-16-13-9-12(19-15-5-3-4-6-18-15)11(17-7-8-20)10-14(13)21-2/h3-6,9-10,16-17,20H,7-8H2,1-2H3,(H,18,19). The van der Waals surface area contributed by atoms with Gasteiger partial charge in [0.25, 0.3) is 0 Å². The predicted molar refractivity (Wildman–Crippen MR) is 85.6 cm³/mol. The second kappa shape index (κ2) is 7.35. The number of pyridine rings is 1. The molecule has 1 heterocycles. The molecular formula is C15H20N4O2. The van der Waals surface area contributed by atoms with E-state index in [9.17, 15) is 0 Å². The van der Waals surface area contributed by atoms with E-state index in [0.29, 0.717) is 6.54 Å². The van der Waals surface area contributed by atoms with Gasteiger partial charge in [-0.25, -0.2) is 4.98 Å². The highest BCUT2D eigenvalue weighted by Gasteiger charge is 2.10. The van der Waals surface area contributed by atoms with Crippen molar-refractivity contribution in [3.63, 3.8) is 0 Å². The smallest absolute Gasteiger partial charge is 0.144 e. The predicted octanol–water partition coefficient (Wildman–Crippen LogP) is 2.28. The summed E-state index contributed by atoms with van der Waals surface area (Å²) in [6, 6.07) is 9.49. The summed E-state index contributed by atoms with van der Waals surface area (Å²) >= 11 is 0. The lowest BCUT2D eigenvalue weighted by molar-refractivity contribution is 0.311. The Balaban J connectivity index is 2.35. The van der Waals surface area contributed by atoms with Gasteiger partial charge in [0, 0.05) is 25.9 Å². The average Bonchev–Trinajstić information content (AvgIpc) is 2.54. The third-order valence-electron chi connectivity index (χ3n) is 2.96. The zero-order valence-corrected chi connectivity index (χ0v) is 12.2. The maximum atomic E-state index is 9.00. The minimum absolute atomic E-state index is 0.0547. The van der Waals surface area contributed by atoms with Gasteiger partial charge in [0.05, 0.1) is 30.8 Å². The first-order valence-corrected chi connectivity index (χ1v) is 6.71. The van der Waals surface area contributed by atoms with Gasteiger partial charge in [-0.05, 0) is 18.2 Å². The molecule has 0 radical (unpaired) electrons. The minimum Gasteiger partial charge on any atom is -0.495 e. The third-order valence-corrected chi connectivity index (χ3v) is 2.96. The van der Waals surface area contributed by atoms with Crippen molar-refractivity contribution in [2.45, 2.75) is 0 Å². The number of aromatic nitrogens is 1. The van der Waals surface area contributed by atoms with E-state index in [1.165, 1.54) is 0 Å². The van der Waals surface area contributed by atoms with Crippen LogP contribution in [0.2, 0.25) is 0 Å². The second-order valence-electron chi connectivity index (χ2n) is 4.34. The molecule has 0 saturated heterocycles. The molecule has 4 N–H and O–H groups in total. The Kier molecular flexibility index (Phi) is 5.22. The van der Waals surface area contributed by atoms with E-state index in [0.717, 1.165) is 28.6 Å². The lowest BCUT2D eigenvalue weighted by Crippen LogP contribution is -2.08. The van der Waals surface area contributed by atoms with Gasteiger partial charge < -0.3 is 25.8 Å². The Bertz CT molecular complexity index is 575. The maximum Gasteiger partial charge on any atom is 0.144 e. The van der Waals surface area contributed by atoms with Crippen LogP contribution in [0, 0.1) is 0 Å². The number of aliphatic hydroxyl groups excluding tert-OH is 1. The van der Waals surface area contributed by atoms with Gasteiger partial charge in [-0.3, -0.25) is 0 Å². The molecule has 0 aliphatic rings. The fourth-order valence-corrected chi connectivity index (χ4v) is 1.96. The molecule has 1 aromatic heterocycles. The molecule has 0 fully saturated rings. The van der Waals surface area contributed by atoms with Crippen molar-refractivity contribution in [1.29, 1.82) is 0 Å². The van der Waals surface area contributed by atoms with Gasteiger partial charge in [0.15, 0.2) is 0 Å². The van der Waals surface area contributed by atoms with E-state index in [4.69, 9.17) is 9.84 Å². The quantitative estimate of drug-likeness (QED) is 0.626. The van der Waals surface area contributed by atoms with Gasteiger partial charge >= 0.3 is 0 Å². The molecule has 6 nitrogen and oxygen atoms in total. The summed E-state index contributed by atoms with van der Waals surface area (Å²) in [6.45, 7) is 0.512. The van der Waals surface area contributed by atoms with E-state index in [1.54, 1.807) is 13.3 Å². The molecule has 21 heavy (non-hydrogen) atoms. The molecule has 0 unspecified atom stereocenters. The number of methoxy groups -OCH3 is 1. The summed E-state index contributed by atoms with van der Waals surface area (Å²) in [5, 5.41) is 18.5. The van der Waals surface area contributed by atoms with Gasteiger partial charge in [-0.15, -0.1) is 0 Å². The molecular weight excluding hydrogens is 268 g/mol. The fourth-order valence-electron chi connectivity index (χ4n) is 1.96. The number of ether oxygens (including phenoxy) is 1. The number of hydrogen-bond acceptors (Lipinski definition) is 6. The highest BCUT2D eigenvalue weighted by Crippen LogP contribution is 2.35. The molecule has 2 rings (SSSR count). The van der Waals surface area contributed by atoms with Crippen LogP contribution in [0.5, 0.6) is 5.75 Å². The van der Waals surface area contributed by atoms with Crippen LogP contribution in [0.1, 0.15) is 0 Å². The van der Waals surface area contributed by atoms with E-state index in [1.807, 2.05) is 37.4 Å². The van der Waals surface area contributed by atoms with Gasteiger partial charge in [0.2, 0.25) is 0 Å². The Morgan fingerprint density at radius 1 is 1.19 bits per heavy atom. The molecule has 1 aromatic carbocycles. The SMILES string of the molecule is CNc1cc(Nc2ccccn2)c(NCCO)cc1OC. The Morgan fingerprint density at radius 2 is 2.05 bits per heavy atom. The van der Waals surface area contributed by atoms with Crippen LogP contribution in [-0.4, -0.2) is 37.4 Å². The second-order valence-corrected chi connectivity index (χ2v) is 4.34. The first kappa shape index (κ1) is 14.9. The largest absolute Gasteiger partial charge is 0.495 e. The number of rotatable bonds is 7. The molecule has 0 saturated carbocycles. The van der Waals surface area contributed by atoms with Gasteiger partial charge in [0.1, 0.15) is 11.6 Å². The van der Waals surface area contributed by atoms with Crippen molar-refractivity contribution in [2.24, 2.45) is 0 Å². The van der Waals surface area contributed by atoms with Crippen LogP contribution >= 0.6 is 0 Å². The van der Waals surface area contributed by atoms with E-state index in [2.05, 4.69) is 20.9 Å². The Morgan fingerprint density at radius 3 is 2.67 bits per heavy atom. The summed E-state index contributed by atoms with van der Waals surface area (Å²) < 4.78 is 5.35. The number of nitrogens with one attached hydrogen (secondary N) is 3. The van der Waals surface area contributed by atoms with Crippen molar-refractivity contribution < 1.29 is 9.84 Å². The van der Waals surface area contributed by atoms with Crippen LogP contribution in [0.15, 0.2) is 36.5 Å². The number of nitrogens with zero attached hydrogens (tertiary/aromatic N) is 1. The Labute approximate surface area is 124 Å². The van der Waals surface area contributed by atoms with E-state index in [-0.39, 0.29) is 6.61 Å². The van der Waals surface area contributed by atoms with Crippen molar-refractivity contribution in [3.8, 4) is 5.75 Å². The number of benzene rings is 1. The van der Waals surface area contributed by atoms with Gasteiger partial charge in [-0.1, -0.05) is 6.07 Å². The third kappa shape index (κ3) is 3.76. The first-order chi connectivity index (χ1) is 10.3. The highest BCUT2D eigenvalue weighted by molar-refractivity contribution is 5.81. The fraction of sp³-hybridized carbons (Fsp3) is 0.267.